The van der Waals surface area contributed by atoms with Gasteiger partial charge in [-0.3, -0.25) is 0 Å². The molecule has 0 rings (SSSR count). The molecule has 0 fully saturated rings. The monoisotopic (exact) mass is 145 g/mol. The quantitative estimate of drug-likeness (QED) is 0.544. The third kappa shape index (κ3) is 3.58. The fourth-order valence-electron chi connectivity index (χ4n) is 0.677. The van der Waals surface area contributed by atoms with Crippen molar-refractivity contribution in [1.82, 2.24) is 5.32 Å². The third-order valence-corrected chi connectivity index (χ3v) is 1.19. The first-order chi connectivity index (χ1) is 4.57. The number of carbonyl (C=O) groups is 1. The summed E-state index contributed by atoms with van der Waals surface area (Å²) in [4.78, 5) is 10.3. The fraction of sp³-hybridized carbons (Fsp3) is 0.857. The number of nitrogens with one attached hydrogen (secondary N) is 1. The smallest absolute Gasteiger partial charge is 0.139 e. The van der Waals surface area contributed by atoms with Gasteiger partial charge in [0.1, 0.15) is 6.29 Å². The van der Waals surface area contributed by atoms with Crippen molar-refractivity contribution in [2.75, 3.05) is 0 Å². The van der Waals surface area contributed by atoms with Crippen LogP contribution in [0.3, 0.4) is 0 Å². The Morgan fingerprint density at radius 1 is 1.40 bits per heavy atom. The van der Waals surface area contributed by atoms with Crippen LogP contribution < -0.4 is 5.32 Å². The van der Waals surface area contributed by atoms with Crippen molar-refractivity contribution in [2.45, 2.75) is 39.0 Å². The zero-order chi connectivity index (χ0) is 8.15. The second kappa shape index (κ2) is 4.41. The number of aliphatic hydroxyl groups excluding tert-OH is 1. The van der Waals surface area contributed by atoms with Crippen molar-refractivity contribution < 1.29 is 9.90 Å². The minimum Gasteiger partial charge on any atom is -0.391 e. The summed E-state index contributed by atoms with van der Waals surface area (Å²) in [6, 6.07) is -0.204. The molecule has 60 valence electrons. The van der Waals surface area contributed by atoms with Crippen LogP contribution in [0.4, 0.5) is 0 Å². The molecule has 2 N–H and O–H groups in total. The van der Waals surface area contributed by atoms with Gasteiger partial charge in [0.15, 0.2) is 0 Å². The summed E-state index contributed by atoms with van der Waals surface area (Å²) in [5.41, 5.74) is 0. The van der Waals surface area contributed by atoms with Gasteiger partial charge in [-0.2, -0.15) is 0 Å². The average Bonchev–Trinajstić information content (AvgIpc) is 1.81. The summed E-state index contributed by atoms with van der Waals surface area (Å²) in [6.07, 6.45) is 0.116. The van der Waals surface area contributed by atoms with Gasteiger partial charge in [-0.25, -0.2) is 0 Å². The summed E-state index contributed by atoms with van der Waals surface area (Å²) >= 11 is 0. The van der Waals surface area contributed by atoms with Crippen LogP contribution in [0.5, 0.6) is 0 Å². The Labute approximate surface area is 61.4 Å². The average molecular weight is 145 g/mol. The Morgan fingerprint density at radius 3 is 2.00 bits per heavy atom. The summed E-state index contributed by atoms with van der Waals surface area (Å²) in [6.45, 7) is 5.45. The summed E-state index contributed by atoms with van der Waals surface area (Å²) in [5, 5.41) is 11.9. The molecule has 0 saturated heterocycles. The van der Waals surface area contributed by atoms with Crippen molar-refractivity contribution in [3.63, 3.8) is 0 Å². The molecule has 3 nitrogen and oxygen atoms in total. The lowest BCUT2D eigenvalue weighted by Gasteiger charge is -2.17. The lowest BCUT2D eigenvalue weighted by molar-refractivity contribution is -0.111. The molecular weight excluding hydrogens is 130 g/mol. The molecule has 0 aliphatic heterocycles. The van der Waals surface area contributed by atoms with Crippen LogP contribution in [0.2, 0.25) is 0 Å². The number of aldehydes is 1. The highest BCUT2D eigenvalue weighted by molar-refractivity contribution is 5.58. The maximum Gasteiger partial charge on any atom is 0.139 e. The Kier molecular flexibility index (Phi) is 4.23. The molecule has 0 bridgehead atoms. The topological polar surface area (TPSA) is 49.3 Å². The second-order valence-electron chi connectivity index (χ2n) is 2.72. The summed E-state index contributed by atoms with van der Waals surface area (Å²) < 4.78 is 0. The van der Waals surface area contributed by atoms with Crippen LogP contribution >= 0.6 is 0 Å². The van der Waals surface area contributed by atoms with Gasteiger partial charge in [0.05, 0.1) is 12.1 Å². The maximum atomic E-state index is 10.3. The molecule has 0 aliphatic carbocycles. The molecule has 0 saturated carbocycles. The minimum atomic E-state index is -0.611. The van der Waals surface area contributed by atoms with E-state index in [-0.39, 0.29) is 6.04 Å². The van der Waals surface area contributed by atoms with Gasteiger partial charge < -0.3 is 15.2 Å². The maximum absolute atomic E-state index is 10.3. The SMILES string of the molecule is CC(C)N[C@H](C=O)[C@@H](C)O. The van der Waals surface area contributed by atoms with Gasteiger partial charge in [0, 0.05) is 6.04 Å². The Bertz CT molecular complexity index is 102. The highest BCUT2D eigenvalue weighted by Crippen LogP contribution is 1.90. The second-order valence-corrected chi connectivity index (χ2v) is 2.72. The molecule has 0 heterocycles. The summed E-state index contributed by atoms with van der Waals surface area (Å²) in [5.74, 6) is 0. The van der Waals surface area contributed by atoms with Crippen molar-refractivity contribution in [3.8, 4) is 0 Å². The predicted octanol–water partition coefficient (Wildman–Crippen LogP) is -0.0673. The highest BCUT2D eigenvalue weighted by Gasteiger charge is 2.13. The van der Waals surface area contributed by atoms with Gasteiger partial charge in [0.2, 0.25) is 0 Å². The van der Waals surface area contributed by atoms with Crippen LogP contribution in [0.1, 0.15) is 20.8 Å². The van der Waals surface area contributed by atoms with Gasteiger partial charge >= 0.3 is 0 Å². The first-order valence-corrected chi connectivity index (χ1v) is 3.47. The molecule has 3 heteroatoms. The zero-order valence-electron chi connectivity index (χ0n) is 6.66. The lowest BCUT2D eigenvalue weighted by Crippen LogP contribution is -2.43. The molecular formula is C7H15NO2. The van der Waals surface area contributed by atoms with E-state index in [0.717, 1.165) is 6.29 Å². The Hall–Kier alpha value is -0.410. The molecule has 10 heavy (non-hydrogen) atoms. The van der Waals surface area contributed by atoms with Crippen molar-refractivity contribution in [1.29, 1.82) is 0 Å². The zero-order valence-corrected chi connectivity index (χ0v) is 6.66. The van der Waals surface area contributed by atoms with Crippen LogP contribution in [-0.4, -0.2) is 29.6 Å². The lowest BCUT2D eigenvalue weighted by atomic mass is 10.2. The normalized spacial score (nSPS) is 16.9. The largest absolute Gasteiger partial charge is 0.391 e. The predicted molar refractivity (Wildman–Crippen MR) is 39.8 cm³/mol. The Balaban J connectivity index is 3.71. The van der Waals surface area contributed by atoms with Gasteiger partial charge in [-0.15, -0.1) is 0 Å². The van der Waals surface area contributed by atoms with Gasteiger partial charge in [-0.1, -0.05) is 13.8 Å². The van der Waals surface area contributed by atoms with E-state index in [4.69, 9.17) is 5.11 Å². The molecule has 0 aliphatic rings. The fourth-order valence-corrected chi connectivity index (χ4v) is 0.677. The van der Waals surface area contributed by atoms with Gasteiger partial charge in [0.25, 0.3) is 0 Å². The van der Waals surface area contributed by atoms with E-state index in [9.17, 15) is 4.79 Å². The van der Waals surface area contributed by atoms with E-state index in [0.29, 0.717) is 0 Å². The van der Waals surface area contributed by atoms with Crippen molar-refractivity contribution in [2.24, 2.45) is 0 Å². The first kappa shape index (κ1) is 9.59. The Morgan fingerprint density at radius 2 is 1.90 bits per heavy atom. The standard InChI is InChI=1S/C7H15NO2/c1-5(2)8-7(4-9)6(3)10/h4-8,10H,1-3H3/t6-,7-/m1/s1. The van der Waals surface area contributed by atoms with E-state index >= 15 is 0 Å². The minimum absolute atomic E-state index is 0.227. The van der Waals surface area contributed by atoms with E-state index in [1.807, 2.05) is 13.8 Å². The van der Waals surface area contributed by atoms with E-state index in [2.05, 4.69) is 5.32 Å². The number of hydrogen-bond acceptors (Lipinski definition) is 3. The van der Waals surface area contributed by atoms with Gasteiger partial charge in [-0.05, 0) is 6.92 Å². The van der Waals surface area contributed by atoms with Crippen LogP contribution in [0.15, 0.2) is 0 Å². The molecule has 0 radical (unpaired) electrons. The molecule has 2 atom stereocenters. The first-order valence-electron chi connectivity index (χ1n) is 3.47. The number of rotatable bonds is 4. The molecule has 0 spiro atoms. The van der Waals surface area contributed by atoms with Crippen LogP contribution in [-0.2, 0) is 4.79 Å². The molecule has 0 aromatic rings. The molecule has 0 aromatic carbocycles. The van der Waals surface area contributed by atoms with E-state index < -0.39 is 12.1 Å². The molecule has 0 unspecified atom stereocenters. The molecule has 0 aromatic heterocycles. The van der Waals surface area contributed by atoms with Crippen molar-refractivity contribution >= 4 is 6.29 Å². The van der Waals surface area contributed by atoms with Crippen LogP contribution in [0, 0.1) is 0 Å². The third-order valence-electron chi connectivity index (χ3n) is 1.19. The number of carbonyl (C=O) groups excluding carboxylic acids is 1. The van der Waals surface area contributed by atoms with E-state index in [1.54, 1.807) is 6.92 Å². The number of aliphatic hydroxyl groups is 1. The van der Waals surface area contributed by atoms with E-state index in [1.165, 1.54) is 0 Å². The molecule has 0 amide bonds. The number of hydrogen-bond donors (Lipinski definition) is 2. The van der Waals surface area contributed by atoms with Crippen LogP contribution in [0.25, 0.3) is 0 Å². The van der Waals surface area contributed by atoms with Crippen molar-refractivity contribution in [3.05, 3.63) is 0 Å². The summed E-state index contributed by atoms with van der Waals surface area (Å²) in [7, 11) is 0. The highest BCUT2D eigenvalue weighted by atomic mass is 16.3.